The average molecular weight is 475 g/mol. The molecule has 2 heterocycles. The van der Waals surface area contributed by atoms with Crippen LogP contribution in [0.15, 0.2) is 39.0 Å². The Hall–Kier alpha value is -2.35. The first kappa shape index (κ1) is 25.3. The normalized spacial score (nSPS) is 11.5. The van der Waals surface area contributed by atoms with Gasteiger partial charge < -0.3 is 4.57 Å². The van der Waals surface area contributed by atoms with Crippen molar-refractivity contribution in [2.45, 2.75) is 88.6 Å². The first-order chi connectivity index (χ1) is 16.0. The Morgan fingerprint density at radius 1 is 0.939 bits per heavy atom. The van der Waals surface area contributed by atoms with Crippen LogP contribution in [0.1, 0.15) is 76.7 Å². The summed E-state index contributed by atoms with van der Waals surface area (Å²) in [5, 5.41) is 0.706. The smallest absolute Gasteiger partial charge is 0.313 e. The number of benzene rings is 1. The van der Waals surface area contributed by atoms with Gasteiger partial charge in [-0.25, -0.2) is 14.2 Å². The highest BCUT2D eigenvalue weighted by molar-refractivity contribution is 7.98. The zero-order valence-electron chi connectivity index (χ0n) is 19.7. The third kappa shape index (κ3) is 7.06. The van der Waals surface area contributed by atoms with Gasteiger partial charge in [0.25, 0.3) is 5.56 Å². The molecule has 2 aromatic heterocycles. The largest absolute Gasteiger partial charge is 0.329 e. The van der Waals surface area contributed by atoms with Gasteiger partial charge >= 0.3 is 5.69 Å². The van der Waals surface area contributed by atoms with E-state index in [0.29, 0.717) is 28.6 Å². The van der Waals surface area contributed by atoms with Gasteiger partial charge in [0.2, 0.25) is 0 Å². The van der Waals surface area contributed by atoms with Crippen molar-refractivity contribution in [2.75, 3.05) is 0 Å². The van der Waals surface area contributed by atoms with Crippen LogP contribution in [0.25, 0.3) is 11.2 Å². The molecule has 0 aliphatic heterocycles. The zero-order chi connectivity index (χ0) is 23.6. The lowest BCUT2D eigenvalue weighted by molar-refractivity contribution is 0.527. The predicted octanol–water partition coefficient (Wildman–Crippen LogP) is 5.78. The summed E-state index contributed by atoms with van der Waals surface area (Å²) < 4.78 is 16.5. The molecule has 0 saturated heterocycles. The molecule has 6 nitrogen and oxygen atoms in total. The topological polar surface area (TPSA) is 72.7 Å². The van der Waals surface area contributed by atoms with E-state index in [1.807, 2.05) is 4.57 Å². The number of thioether (sulfide) groups is 1. The van der Waals surface area contributed by atoms with E-state index in [1.165, 1.54) is 79.8 Å². The van der Waals surface area contributed by atoms with Crippen LogP contribution in [0.2, 0.25) is 0 Å². The van der Waals surface area contributed by atoms with E-state index in [-0.39, 0.29) is 5.82 Å². The van der Waals surface area contributed by atoms with Gasteiger partial charge in [0.05, 0.1) is 0 Å². The maximum atomic E-state index is 13.2. The lowest BCUT2D eigenvalue weighted by Gasteiger charge is -2.09. The van der Waals surface area contributed by atoms with E-state index in [9.17, 15) is 14.0 Å². The molecule has 0 atom stereocenters. The lowest BCUT2D eigenvalue weighted by Crippen LogP contribution is -2.29. The van der Waals surface area contributed by atoms with Crippen LogP contribution in [-0.2, 0) is 19.3 Å². The number of nitrogens with zero attached hydrogens (tertiary/aromatic N) is 3. The minimum absolute atomic E-state index is 0.265. The number of hydrogen-bond acceptors (Lipinski definition) is 4. The highest BCUT2D eigenvalue weighted by atomic mass is 32.2. The van der Waals surface area contributed by atoms with Gasteiger partial charge in [-0.3, -0.25) is 14.3 Å². The summed E-state index contributed by atoms with van der Waals surface area (Å²) in [5.74, 6) is 0.339. The van der Waals surface area contributed by atoms with Crippen molar-refractivity contribution in [2.24, 2.45) is 7.05 Å². The molecule has 3 aromatic rings. The standard InChI is InChI=1S/C25H35FN4O2S/c1-3-4-5-6-7-8-9-10-11-12-17-30-21-22(29(2)24(32)28-23(21)31)27-25(30)33-18-19-13-15-20(26)16-14-19/h13-16H,3-12,17-18H2,1-2H3,(H,28,31,32). The Balaban J connectivity index is 1.64. The zero-order valence-corrected chi connectivity index (χ0v) is 20.6. The van der Waals surface area contributed by atoms with Gasteiger partial charge in [0, 0.05) is 19.3 Å². The monoisotopic (exact) mass is 474 g/mol. The number of fused-ring (bicyclic) bond motifs is 1. The molecule has 0 bridgehead atoms. The average Bonchev–Trinajstić information content (AvgIpc) is 3.17. The first-order valence-corrected chi connectivity index (χ1v) is 13.1. The van der Waals surface area contributed by atoms with Gasteiger partial charge in [-0.15, -0.1) is 0 Å². The number of rotatable bonds is 14. The molecule has 180 valence electrons. The fourth-order valence-corrected chi connectivity index (χ4v) is 5.00. The van der Waals surface area contributed by atoms with Crippen LogP contribution in [0, 0.1) is 5.82 Å². The van der Waals surface area contributed by atoms with Crippen LogP contribution in [0.3, 0.4) is 0 Å². The van der Waals surface area contributed by atoms with Crippen LogP contribution >= 0.6 is 11.8 Å². The molecule has 1 N–H and O–H groups in total. The molecule has 3 rings (SSSR count). The molecule has 0 aliphatic rings. The summed E-state index contributed by atoms with van der Waals surface area (Å²) in [5.41, 5.74) is 0.946. The molecule has 0 radical (unpaired) electrons. The number of imidazole rings is 1. The molecule has 0 saturated carbocycles. The number of unbranched alkanes of at least 4 members (excludes halogenated alkanes) is 9. The number of hydrogen-bond donors (Lipinski definition) is 1. The second kappa shape index (κ2) is 12.8. The van der Waals surface area contributed by atoms with Crippen molar-refractivity contribution in [1.82, 2.24) is 19.1 Å². The van der Waals surface area contributed by atoms with E-state index in [4.69, 9.17) is 0 Å². The molecule has 0 spiro atoms. The molecule has 0 aliphatic carbocycles. The van der Waals surface area contributed by atoms with Gasteiger partial charge in [-0.1, -0.05) is 88.6 Å². The first-order valence-electron chi connectivity index (χ1n) is 12.1. The molecule has 33 heavy (non-hydrogen) atoms. The second-order valence-electron chi connectivity index (χ2n) is 8.63. The molecule has 0 fully saturated rings. The quantitative estimate of drug-likeness (QED) is 0.238. The highest BCUT2D eigenvalue weighted by Crippen LogP contribution is 2.26. The summed E-state index contributed by atoms with van der Waals surface area (Å²) in [6.45, 7) is 2.92. The number of aromatic nitrogens is 4. The van der Waals surface area contributed by atoms with Crippen molar-refractivity contribution < 1.29 is 4.39 Å². The second-order valence-corrected chi connectivity index (χ2v) is 9.58. The fraction of sp³-hybridized carbons (Fsp3) is 0.560. The Morgan fingerprint density at radius 3 is 2.18 bits per heavy atom. The summed E-state index contributed by atoms with van der Waals surface area (Å²) in [6.07, 6.45) is 12.4. The third-order valence-corrected chi connectivity index (χ3v) is 7.04. The van der Waals surface area contributed by atoms with Crippen molar-refractivity contribution in [3.8, 4) is 0 Å². The summed E-state index contributed by atoms with van der Waals surface area (Å²) in [7, 11) is 1.62. The van der Waals surface area contributed by atoms with E-state index < -0.39 is 11.2 Å². The molecule has 0 unspecified atom stereocenters. The van der Waals surface area contributed by atoms with Crippen LogP contribution in [0.4, 0.5) is 4.39 Å². The maximum Gasteiger partial charge on any atom is 0.329 e. The molecule has 8 heteroatoms. The van der Waals surface area contributed by atoms with Crippen LogP contribution in [0.5, 0.6) is 0 Å². The number of aryl methyl sites for hydroxylation is 2. The number of halogens is 1. The van der Waals surface area contributed by atoms with Crippen molar-refractivity contribution in [1.29, 1.82) is 0 Å². The van der Waals surface area contributed by atoms with Gasteiger partial charge in [0.1, 0.15) is 5.82 Å². The van der Waals surface area contributed by atoms with E-state index in [1.54, 1.807) is 19.2 Å². The number of H-pyrrole nitrogens is 1. The summed E-state index contributed by atoms with van der Waals surface area (Å²) >= 11 is 1.50. The summed E-state index contributed by atoms with van der Waals surface area (Å²) in [4.78, 5) is 31.7. The summed E-state index contributed by atoms with van der Waals surface area (Å²) in [6, 6.07) is 6.38. The van der Waals surface area contributed by atoms with Gasteiger partial charge in [-0.05, 0) is 24.1 Å². The molecular weight excluding hydrogens is 439 g/mol. The molecular formula is C25H35FN4O2S. The van der Waals surface area contributed by atoms with Crippen molar-refractivity contribution in [3.05, 3.63) is 56.5 Å². The number of aromatic amines is 1. The van der Waals surface area contributed by atoms with Gasteiger partial charge in [0.15, 0.2) is 16.3 Å². The molecule has 1 aromatic carbocycles. The van der Waals surface area contributed by atoms with Crippen LogP contribution in [-0.4, -0.2) is 19.1 Å². The predicted molar refractivity (Wildman–Crippen MR) is 133 cm³/mol. The van der Waals surface area contributed by atoms with Crippen molar-refractivity contribution >= 4 is 22.9 Å². The highest BCUT2D eigenvalue weighted by Gasteiger charge is 2.17. The van der Waals surface area contributed by atoms with Crippen LogP contribution < -0.4 is 11.2 Å². The Kier molecular flexibility index (Phi) is 9.78. The van der Waals surface area contributed by atoms with Crippen molar-refractivity contribution in [3.63, 3.8) is 0 Å². The van der Waals surface area contributed by atoms with E-state index >= 15 is 0 Å². The lowest BCUT2D eigenvalue weighted by atomic mass is 10.1. The third-order valence-electron chi connectivity index (χ3n) is 5.99. The van der Waals surface area contributed by atoms with E-state index in [2.05, 4.69) is 16.9 Å². The van der Waals surface area contributed by atoms with Gasteiger partial charge in [-0.2, -0.15) is 0 Å². The Morgan fingerprint density at radius 2 is 1.55 bits per heavy atom. The minimum Gasteiger partial charge on any atom is -0.313 e. The number of nitrogens with one attached hydrogen (secondary N) is 1. The SMILES string of the molecule is CCCCCCCCCCCCn1c(SCc2ccc(F)cc2)nc2c1c(=O)[nH]c(=O)n2C. The Bertz CT molecular complexity index is 1130. The maximum absolute atomic E-state index is 13.2. The fourth-order valence-electron chi connectivity index (χ4n) is 4.02. The Labute approximate surface area is 198 Å². The minimum atomic E-state index is -0.467. The molecule has 0 amide bonds. The van der Waals surface area contributed by atoms with E-state index in [0.717, 1.165) is 18.4 Å².